The average Bonchev–Trinajstić information content (AvgIpc) is 2.64. The third-order valence-corrected chi connectivity index (χ3v) is 2.97. The number of nitrogens with two attached hydrogens (primary N) is 1. The van der Waals surface area contributed by atoms with Crippen molar-refractivity contribution in [1.82, 2.24) is 0 Å². The minimum Gasteiger partial charge on any atom is -0.324 e. The van der Waals surface area contributed by atoms with Crippen LogP contribution < -0.4 is 5.73 Å². The molecule has 0 spiro atoms. The molecule has 1 unspecified atom stereocenters. The molecular weight excluding hydrogens is 170 g/mol. The Kier molecular flexibility index (Phi) is 2.69. The fraction of sp³-hybridized carbons (Fsp3) is 0.385. The van der Waals surface area contributed by atoms with Crippen molar-refractivity contribution in [3.05, 3.63) is 47.5 Å². The summed E-state index contributed by atoms with van der Waals surface area (Å²) in [6, 6.07) is 6.80. The second-order valence-electron chi connectivity index (χ2n) is 4.01. The van der Waals surface area contributed by atoms with Crippen LogP contribution in [-0.2, 0) is 12.8 Å². The largest absolute Gasteiger partial charge is 0.324 e. The van der Waals surface area contributed by atoms with Gasteiger partial charge in [-0.3, -0.25) is 0 Å². The molecule has 74 valence electrons. The van der Waals surface area contributed by atoms with Gasteiger partial charge in [0.25, 0.3) is 0 Å². The highest BCUT2D eigenvalue weighted by Gasteiger charge is 2.12. The molecule has 1 aromatic rings. The molecule has 1 aliphatic rings. The van der Waals surface area contributed by atoms with Crippen LogP contribution in [0.5, 0.6) is 0 Å². The minimum absolute atomic E-state index is 0.124. The fourth-order valence-electron chi connectivity index (χ4n) is 2.14. The number of hydrogen-bond donors (Lipinski definition) is 1. The predicted octanol–water partition coefficient (Wildman–Crippen LogP) is 2.75. The van der Waals surface area contributed by atoms with E-state index in [4.69, 9.17) is 5.73 Å². The zero-order valence-corrected chi connectivity index (χ0v) is 8.50. The highest BCUT2D eigenvalue weighted by Crippen LogP contribution is 2.25. The Morgan fingerprint density at radius 2 is 2.14 bits per heavy atom. The van der Waals surface area contributed by atoms with Crippen molar-refractivity contribution in [2.24, 2.45) is 5.73 Å². The molecule has 0 heterocycles. The molecule has 1 aromatic carbocycles. The molecule has 0 aliphatic heterocycles. The van der Waals surface area contributed by atoms with Crippen molar-refractivity contribution in [2.75, 3.05) is 0 Å². The van der Waals surface area contributed by atoms with Gasteiger partial charge in [-0.05, 0) is 42.4 Å². The monoisotopic (exact) mass is 187 g/mol. The lowest BCUT2D eigenvalue weighted by Crippen LogP contribution is -2.09. The van der Waals surface area contributed by atoms with Gasteiger partial charge in [-0.15, -0.1) is 6.58 Å². The first-order valence-corrected chi connectivity index (χ1v) is 5.29. The summed E-state index contributed by atoms with van der Waals surface area (Å²) in [7, 11) is 0. The summed E-state index contributed by atoms with van der Waals surface area (Å²) >= 11 is 0. The first-order chi connectivity index (χ1) is 6.81. The van der Waals surface area contributed by atoms with E-state index in [1.54, 1.807) is 0 Å². The number of benzene rings is 1. The van der Waals surface area contributed by atoms with Gasteiger partial charge in [0.15, 0.2) is 0 Å². The van der Waals surface area contributed by atoms with E-state index in [0.717, 1.165) is 6.42 Å². The van der Waals surface area contributed by atoms with Gasteiger partial charge in [-0.2, -0.15) is 0 Å². The topological polar surface area (TPSA) is 26.0 Å². The molecule has 0 aromatic heterocycles. The van der Waals surface area contributed by atoms with Crippen molar-refractivity contribution < 1.29 is 0 Å². The number of rotatable bonds is 3. The summed E-state index contributed by atoms with van der Waals surface area (Å²) < 4.78 is 0. The van der Waals surface area contributed by atoms with Crippen LogP contribution in [0.25, 0.3) is 0 Å². The second-order valence-corrected chi connectivity index (χ2v) is 4.01. The van der Waals surface area contributed by atoms with Crippen molar-refractivity contribution >= 4 is 0 Å². The molecule has 0 saturated carbocycles. The third kappa shape index (κ3) is 1.73. The van der Waals surface area contributed by atoms with Crippen LogP contribution in [0.1, 0.15) is 35.6 Å². The summed E-state index contributed by atoms with van der Waals surface area (Å²) in [4.78, 5) is 0. The summed E-state index contributed by atoms with van der Waals surface area (Å²) in [5.41, 5.74) is 10.3. The highest BCUT2D eigenvalue weighted by atomic mass is 14.6. The smallest absolute Gasteiger partial charge is 0.0329 e. The van der Waals surface area contributed by atoms with Crippen molar-refractivity contribution in [2.45, 2.75) is 31.7 Å². The summed E-state index contributed by atoms with van der Waals surface area (Å²) in [6.07, 6.45) is 6.52. The first kappa shape index (κ1) is 9.47. The van der Waals surface area contributed by atoms with Crippen LogP contribution in [0.2, 0.25) is 0 Å². The molecule has 2 rings (SSSR count). The van der Waals surface area contributed by atoms with Crippen LogP contribution in [0.4, 0.5) is 0 Å². The molecule has 1 aliphatic carbocycles. The lowest BCUT2D eigenvalue weighted by Gasteiger charge is -2.11. The van der Waals surface area contributed by atoms with Crippen molar-refractivity contribution in [3.8, 4) is 0 Å². The van der Waals surface area contributed by atoms with E-state index in [-0.39, 0.29) is 6.04 Å². The molecular formula is C13H17N. The quantitative estimate of drug-likeness (QED) is 0.723. The van der Waals surface area contributed by atoms with Gasteiger partial charge < -0.3 is 5.73 Å². The minimum atomic E-state index is 0.124. The summed E-state index contributed by atoms with van der Waals surface area (Å²) in [5.74, 6) is 0. The first-order valence-electron chi connectivity index (χ1n) is 5.29. The molecule has 14 heavy (non-hydrogen) atoms. The zero-order chi connectivity index (χ0) is 9.97. The van der Waals surface area contributed by atoms with Crippen molar-refractivity contribution in [1.29, 1.82) is 0 Å². The maximum Gasteiger partial charge on any atom is 0.0329 e. The Morgan fingerprint density at radius 1 is 1.36 bits per heavy atom. The molecule has 0 radical (unpaired) electrons. The van der Waals surface area contributed by atoms with E-state index >= 15 is 0 Å². The lowest BCUT2D eigenvalue weighted by molar-refractivity contribution is 0.740. The fourth-order valence-corrected chi connectivity index (χ4v) is 2.14. The maximum atomic E-state index is 6.03. The Labute approximate surface area is 85.6 Å². The van der Waals surface area contributed by atoms with E-state index in [2.05, 4.69) is 24.8 Å². The molecule has 1 nitrogen and oxygen atoms in total. The lowest BCUT2D eigenvalue weighted by atomic mass is 10.00. The Morgan fingerprint density at radius 3 is 2.93 bits per heavy atom. The zero-order valence-electron chi connectivity index (χ0n) is 8.50. The van der Waals surface area contributed by atoms with E-state index in [9.17, 15) is 0 Å². The number of hydrogen-bond acceptors (Lipinski definition) is 1. The van der Waals surface area contributed by atoms with E-state index in [0.29, 0.717) is 0 Å². The molecule has 0 saturated heterocycles. The average molecular weight is 187 g/mol. The van der Waals surface area contributed by atoms with Gasteiger partial charge in [-0.25, -0.2) is 0 Å². The van der Waals surface area contributed by atoms with Crippen LogP contribution in [-0.4, -0.2) is 0 Å². The molecule has 0 amide bonds. The third-order valence-electron chi connectivity index (χ3n) is 2.97. The van der Waals surface area contributed by atoms with E-state index in [1.807, 2.05) is 6.08 Å². The number of aryl methyl sites for hydroxylation is 2. The van der Waals surface area contributed by atoms with Gasteiger partial charge in [0, 0.05) is 6.04 Å². The summed E-state index contributed by atoms with van der Waals surface area (Å²) in [5, 5.41) is 0. The van der Waals surface area contributed by atoms with Crippen LogP contribution in [0.3, 0.4) is 0 Å². The molecule has 0 fully saturated rings. The van der Waals surface area contributed by atoms with Gasteiger partial charge in [0.2, 0.25) is 0 Å². The van der Waals surface area contributed by atoms with E-state index in [1.165, 1.54) is 36.0 Å². The molecule has 0 bridgehead atoms. The van der Waals surface area contributed by atoms with Gasteiger partial charge in [0.1, 0.15) is 0 Å². The van der Waals surface area contributed by atoms with Crippen LogP contribution >= 0.6 is 0 Å². The van der Waals surface area contributed by atoms with Crippen LogP contribution in [0, 0.1) is 0 Å². The Hall–Kier alpha value is -1.08. The SMILES string of the molecule is C=CCC(N)c1ccc2c(c1)CCC2. The normalized spacial score (nSPS) is 16.4. The number of fused-ring (bicyclic) bond motifs is 1. The van der Waals surface area contributed by atoms with Gasteiger partial charge in [0.05, 0.1) is 0 Å². The highest BCUT2D eigenvalue weighted by molar-refractivity contribution is 5.36. The molecule has 1 heteroatoms. The predicted molar refractivity (Wildman–Crippen MR) is 60.2 cm³/mol. The van der Waals surface area contributed by atoms with Crippen molar-refractivity contribution in [3.63, 3.8) is 0 Å². The van der Waals surface area contributed by atoms with Gasteiger partial charge >= 0.3 is 0 Å². The maximum absolute atomic E-state index is 6.03. The molecule has 2 N–H and O–H groups in total. The Bertz CT molecular complexity index is 341. The second kappa shape index (κ2) is 3.97. The molecule has 1 atom stereocenters. The summed E-state index contributed by atoms with van der Waals surface area (Å²) in [6.45, 7) is 3.72. The van der Waals surface area contributed by atoms with E-state index < -0.39 is 0 Å². The van der Waals surface area contributed by atoms with Crippen LogP contribution in [0.15, 0.2) is 30.9 Å². The van der Waals surface area contributed by atoms with Gasteiger partial charge in [-0.1, -0.05) is 24.3 Å². The Balaban J connectivity index is 2.23. The standard InChI is InChI=1S/C13H17N/c1-2-4-13(14)12-8-7-10-5-3-6-11(10)9-12/h2,7-9,13H,1,3-6,14H2.